The molecule has 2 heteroatoms. The SMILES string of the molecule is CCCC(C)CN1CCCC(NC)c2ccccc21. The Morgan fingerprint density at radius 1 is 1.37 bits per heavy atom. The van der Waals surface area contributed by atoms with E-state index in [1.165, 1.54) is 50.0 Å². The van der Waals surface area contributed by atoms with E-state index >= 15 is 0 Å². The lowest BCUT2D eigenvalue weighted by Gasteiger charge is -2.28. The van der Waals surface area contributed by atoms with E-state index < -0.39 is 0 Å². The highest BCUT2D eigenvalue weighted by Crippen LogP contribution is 2.33. The summed E-state index contributed by atoms with van der Waals surface area (Å²) in [4.78, 5) is 2.60. The third-order valence-corrected chi connectivity index (χ3v) is 4.24. The summed E-state index contributed by atoms with van der Waals surface area (Å²) in [5, 5.41) is 3.47. The van der Waals surface area contributed by atoms with Crippen molar-refractivity contribution >= 4 is 5.69 Å². The van der Waals surface area contributed by atoms with E-state index in [-0.39, 0.29) is 0 Å². The van der Waals surface area contributed by atoms with E-state index in [1.54, 1.807) is 0 Å². The minimum atomic E-state index is 0.516. The molecule has 2 nitrogen and oxygen atoms in total. The van der Waals surface area contributed by atoms with Crippen molar-refractivity contribution in [1.29, 1.82) is 0 Å². The van der Waals surface area contributed by atoms with Crippen molar-refractivity contribution in [2.45, 2.75) is 45.6 Å². The van der Waals surface area contributed by atoms with Gasteiger partial charge in [-0.1, -0.05) is 38.5 Å². The molecule has 1 N–H and O–H groups in total. The summed E-state index contributed by atoms with van der Waals surface area (Å²) in [5.41, 5.74) is 2.92. The zero-order valence-corrected chi connectivity index (χ0v) is 12.7. The molecule has 0 fully saturated rings. The summed E-state index contributed by atoms with van der Waals surface area (Å²) < 4.78 is 0. The molecule has 1 aromatic rings. The molecule has 2 atom stereocenters. The molecule has 0 saturated carbocycles. The molecule has 0 amide bonds. The highest BCUT2D eigenvalue weighted by molar-refractivity contribution is 5.55. The Kier molecular flexibility index (Phi) is 5.26. The summed E-state index contributed by atoms with van der Waals surface area (Å²) in [6, 6.07) is 9.45. The van der Waals surface area contributed by atoms with Crippen molar-refractivity contribution in [2.24, 2.45) is 5.92 Å². The van der Waals surface area contributed by atoms with E-state index in [1.807, 2.05) is 0 Å². The van der Waals surface area contributed by atoms with Gasteiger partial charge in [-0.3, -0.25) is 0 Å². The van der Waals surface area contributed by atoms with Crippen molar-refractivity contribution in [3.8, 4) is 0 Å². The van der Waals surface area contributed by atoms with Gasteiger partial charge in [-0.25, -0.2) is 0 Å². The summed E-state index contributed by atoms with van der Waals surface area (Å²) in [5.74, 6) is 0.782. The number of fused-ring (bicyclic) bond motifs is 1. The minimum Gasteiger partial charge on any atom is -0.371 e. The number of nitrogens with one attached hydrogen (secondary N) is 1. The van der Waals surface area contributed by atoms with Crippen LogP contribution < -0.4 is 10.2 Å². The molecule has 0 aromatic heterocycles. The fourth-order valence-corrected chi connectivity index (χ4v) is 3.28. The van der Waals surface area contributed by atoms with Crippen LogP contribution in [0.5, 0.6) is 0 Å². The van der Waals surface area contributed by atoms with Gasteiger partial charge >= 0.3 is 0 Å². The Labute approximate surface area is 118 Å². The molecule has 2 unspecified atom stereocenters. The first-order valence-corrected chi connectivity index (χ1v) is 7.77. The van der Waals surface area contributed by atoms with Crippen molar-refractivity contribution in [1.82, 2.24) is 5.32 Å². The van der Waals surface area contributed by atoms with Gasteiger partial charge in [0.2, 0.25) is 0 Å². The summed E-state index contributed by atoms with van der Waals surface area (Å²) in [6.07, 6.45) is 5.13. The average Bonchev–Trinajstić information content (AvgIpc) is 2.59. The van der Waals surface area contributed by atoms with E-state index in [2.05, 4.69) is 55.4 Å². The second kappa shape index (κ2) is 6.95. The molecule has 2 rings (SSSR count). The first kappa shape index (κ1) is 14.4. The Morgan fingerprint density at radius 3 is 2.89 bits per heavy atom. The topological polar surface area (TPSA) is 15.3 Å². The first-order valence-electron chi connectivity index (χ1n) is 7.77. The van der Waals surface area contributed by atoms with Gasteiger partial charge in [-0.2, -0.15) is 0 Å². The maximum absolute atomic E-state index is 3.47. The maximum Gasteiger partial charge on any atom is 0.0414 e. The second-order valence-electron chi connectivity index (χ2n) is 5.88. The molecule has 0 bridgehead atoms. The lowest BCUT2D eigenvalue weighted by atomic mass is 10.0. The van der Waals surface area contributed by atoms with Crippen LogP contribution >= 0.6 is 0 Å². The normalized spacial score (nSPS) is 20.8. The van der Waals surface area contributed by atoms with E-state index in [4.69, 9.17) is 0 Å². The van der Waals surface area contributed by atoms with Gasteiger partial charge in [0.1, 0.15) is 0 Å². The molecule has 1 aliphatic rings. The predicted molar refractivity (Wildman–Crippen MR) is 83.8 cm³/mol. The number of para-hydroxylation sites is 1. The number of benzene rings is 1. The minimum absolute atomic E-state index is 0.516. The molecule has 1 aromatic carbocycles. The zero-order valence-electron chi connectivity index (χ0n) is 12.7. The van der Waals surface area contributed by atoms with Crippen LogP contribution in [-0.4, -0.2) is 20.1 Å². The summed E-state index contributed by atoms with van der Waals surface area (Å²) in [7, 11) is 2.08. The van der Waals surface area contributed by atoms with Gasteiger partial charge in [-0.15, -0.1) is 0 Å². The fraction of sp³-hybridized carbons (Fsp3) is 0.647. The molecule has 1 heterocycles. The van der Waals surface area contributed by atoms with Crippen LogP contribution in [0.2, 0.25) is 0 Å². The number of anilines is 1. The monoisotopic (exact) mass is 260 g/mol. The average molecular weight is 260 g/mol. The maximum atomic E-state index is 3.47. The van der Waals surface area contributed by atoms with E-state index in [9.17, 15) is 0 Å². The van der Waals surface area contributed by atoms with Crippen LogP contribution in [0.15, 0.2) is 24.3 Å². The lowest BCUT2D eigenvalue weighted by molar-refractivity contribution is 0.503. The van der Waals surface area contributed by atoms with Crippen molar-refractivity contribution in [2.75, 3.05) is 25.0 Å². The van der Waals surface area contributed by atoms with Gasteiger partial charge in [0.25, 0.3) is 0 Å². The Balaban J connectivity index is 2.20. The van der Waals surface area contributed by atoms with Crippen LogP contribution in [0.4, 0.5) is 5.69 Å². The smallest absolute Gasteiger partial charge is 0.0414 e. The molecule has 0 saturated heterocycles. The predicted octanol–water partition coefficient (Wildman–Crippen LogP) is 3.98. The number of hydrogen-bond acceptors (Lipinski definition) is 2. The molecule has 0 radical (unpaired) electrons. The van der Waals surface area contributed by atoms with E-state index in [0.717, 1.165) is 5.92 Å². The quantitative estimate of drug-likeness (QED) is 0.861. The Bertz CT molecular complexity index is 389. The van der Waals surface area contributed by atoms with Crippen LogP contribution in [0.1, 0.15) is 51.1 Å². The zero-order chi connectivity index (χ0) is 13.7. The molecule has 19 heavy (non-hydrogen) atoms. The van der Waals surface area contributed by atoms with Gasteiger partial charge in [0, 0.05) is 24.8 Å². The first-order chi connectivity index (χ1) is 9.26. The lowest BCUT2D eigenvalue weighted by Crippen LogP contribution is -2.29. The third-order valence-electron chi connectivity index (χ3n) is 4.24. The standard InChI is InChI=1S/C17H28N2/c1-4-8-14(2)13-19-12-7-10-16(18-3)15-9-5-6-11-17(15)19/h5-6,9,11,14,16,18H,4,7-8,10,12-13H2,1-3H3. The fourth-order valence-electron chi connectivity index (χ4n) is 3.28. The van der Waals surface area contributed by atoms with Crippen molar-refractivity contribution in [3.05, 3.63) is 29.8 Å². The van der Waals surface area contributed by atoms with Crippen molar-refractivity contribution < 1.29 is 0 Å². The van der Waals surface area contributed by atoms with Crippen molar-refractivity contribution in [3.63, 3.8) is 0 Å². The van der Waals surface area contributed by atoms with Crippen LogP contribution in [0.3, 0.4) is 0 Å². The van der Waals surface area contributed by atoms with Gasteiger partial charge in [0.15, 0.2) is 0 Å². The van der Waals surface area contributed by atoms with Gasteiger partial charge < -0.3 is 10.2 Å². The largest absolute Gasteiger partial charge is 0.371 e. The number of rotatable bonds is 5. The van der Waals surface area contributed by atoms with Crippen LogP contribution in [0, 0.1) is 5.92 Å². The molecule has 1 aliphatic heterocycles. The highest BCUT2D eigenvalue weighted by atomic mass is 15.1. The van der Waals surface area contributed by atoms with Gasteiger partial charge in [-0.05, 0) is 43.9 Å². The second-order valence-corrected chi connectivity index (χ2v) is 5.88. The molecule has 0 spiro atoms. The molecular weight excluding hydrogens is 232 g/mol. The van der Waals surface area contributed by atoms with E-state index in [0.29, 0.717) is 6.04 Å². The molecular formula is C17H28N2. The Morgan fingerprint density at radius 2 is 2.16 bits per heavy atom. The number of hydrogen-bond donors (Lipinski definition) is 1. The van der Waals surface area contributed by atoms with Gasteiger partial charge in [0.05, 0.1) is 0 Å². The van der Waals surface area contributed by atoms with Crippen LogP contribution in [0.25, 0.3) is 0 Å². The highest BCUT2D eigenvalue weighted by Gasteiger charge is 2.22. The summed E-state index contributed by atoms with van der Waals surface area (Å²) >= 11 is 0. The summed E-state index contributed by atoms with van der Waals surface area (Å²) in [6.45, 7) is 7.06. The Hall–Kier alpha value is -1.02. The number of nitrogens with zero attached hydrogens (tertiary/aromatic N) is 1. The third kappa shape index (κ3) is 3.50. The van der Waals surface area contributed by atoms with Crippen LogP contribution in [-0.2, 0) is 0 Å². The molecule has 0 aliphatic carbocycles. The molecule has 106 valence electrons.